The van der Waals surface area contributed by atoms with E-state index in [0.717, 1.165) is 5.56 Å². The van der Waals surface area contributed by atoms with Gasteiger partial charge in [-0.3, -0.25) is 14.6 Å². The van der Waals surface area contributed by atoms with Gasteiger partial charge in [-0.15, -0.1) is 0 Å². The van der Waals surface area contributed by atoms with E-state index in [1.54, 1.807) is 43.1 Å². The molecule has 4 heterocycles. The molecule has 130 valence electrons. The first-order chi connectivity index (χ1) is 12.7. The van der Waals surface area contributed by atoms with Crippen LogP contribution in [0.25, 0.3) is 22.6 Å². The molecule has 8 heteroatoms. The third-order valence-electron chi connectivity index (χ3n) is 4.03. The van der Waals surface area contributed by atoms with Crippen molar-refractivity contribution >= 4 is 28.6 Å². The van der Waals surface area contributed by atoms with Crippen molar-refractivity contribution in [3.05, 3.63) is 48.7 Å². The predicted octanol–water partition coefficient (Wildman–Crippen LogP) is 2.27. The van der Waals surface area contributed by atoms with Gasteiger partial charge in [-0.05, 0) is 12.1 Å². The fourth-order valence-electron chi connectivity index (χ4n) is 2.72. The lowest BCUT2D eigenvalue weighted by atomic mass is 10.1. The number of rotatable bonds is 5. The summed E-state index contributed by atoms with van der Waals surface area (Å²) in [7, 11) is 0. The van der Waals surface area contributed by atoms with E-state index in [-0.39, 0.29) is 11.7 Å². The van der Waals surface area contributed by atoms with Crippen molar-refractivity contribution in [3.8, 4) is 11.4 Å². The molecule has 1 aliphatic rings. The topological polar surface area (TPSA) is 113 Å². The van der Waals surface area contributed by atoms with E-state index in [1.807, 2.05) is 0 Å². The minimum Gasteiger partial charge on any atom is -0.472 e. The Hall–Kier alpha value is -3.55. The van der Waals surface area contributed by atoms with Crippen LogP contribution in [0.15, 0.2) is 52.5 Å². The summed E-state index contributed by atoms with van der Waals surface area (Å²) in [4.78, 5) is 40.0. The maximum atomic E-state index is 12.5. The van der Waals surface area contributed by atoms with Crippen LogP contribution in [0.4, 0.5) is 0 Å². The molecule has 0 aromatic carbocycles. The van der Waals surface area contributed by atoms with Crippen LogP contribution in [0.1, 0.15) is 23.2 Å². The van der Waals surface area contributed by atoms with Crippen molar-refractivity contribution in [1.82, 2.24) is 20.3 Å². The van der Waals surface area contributed by atoms with Gasteiger partial charge in [0, 0.05) is 31.8 Å². The summed E-state index contributed by atoms with van der Waals surface area (Å²) in [5, 5.41) is 2.81. The highest BCUT2D eigenvalue weighted by Crippen LogP contribution is 2.21. The number of fused-ring (bicyclic) bond motifs is 1. The van der Waals surface area contributed by atoms with Crippen molar-refractivity contribution in [2.75, 3.05) is 6.54 Å². The van der Waals surface area contributed by atoms with Gasteiger partial charge < -0.3 is 14.7 Å². The smallest absolute Gasteiger partial charge is 0.253 e. The maximum Gasteiger partial charge on any atom is 0.253 e. The Morgan fingerprint density at radius 3 is 3.08 bits per heavy atom. The number of aromatic nitrogens is 3. The number of carbonyl (C=O) groups excluding carboxylic acids is 2. The van der Waals surface area contributed by atoms with E-state index in [2.05, 4.69) is 25.3 Å². The van der Waals surface area contributed by atoms with Crippen LogP contribution >= 0.6 is 0 Å². The first-order valence-electron chi connectivity index (χ1n) is 8.13. The number of hydrogen-bond acceptors (Lipinski definition) is 6. The Morgan fingerprint density at radius 2 is 2.27 bits per heavy atom. The van der Waals surface area contributed by atoms with Gasteiger partial charge in [-0.25, -0.2) is 9.97 Å². The second kappa shape index (κ2) is 6.75. The number of aliphatic imine (C=N–C) groups is 1. The summed E-state index contributed by atoms with van der Waals surface area (Å²) >= 11 is 0. The number of Topliss-reactive ketones (excluding diaryl/α,β-unsaturated/α-hetero) is 1. The van der Waals surface area contributed by atoms with Crippen molar-refractivity contribution in [1.29, 1.82) is 0 Å². The molecule has 0 atom stereocenters. The number of ketones is 1. The van der Waals surface area contributed by atoms with Crippen LogP contribution in [-0.2, 0) is 4.79 Å². The number of amides is 1. The van der Waals surface area contributed by atoms with Crippen molar-refractivity contribution < 1.29 is 14.0 Å². The van der Waals surface area contributed by atoms with Gasteiger partial charge in [-0.1, -0.05) is 6.08 Å². The van der Waals surface area contributed by atoms with E-state index >= 15 is 0 Å². The molecular weight excluding hydrogens is 334 g/mol. The zero-order chi connectivity index (χ0) is 17.9. The SMILES string of the molecule is O=C1CC=CN=C1CCNC(=O)c1ccnc2[nH]c(-c3ccoc3)nc12. The molecule has 1 aliphatic heterocycles. The summed E-state index contributed by atoms with van der Waals surface area (Å²) < 4.78 is 5.06. The number of allylic oxidation sites excluding steroid dienone is 1. The number of nitrogens with zero attached hydrogens (tertiary/aromatic N) is 3. The third-order valence-corrected chi connectivity index (χ3v) is 4.03. The Bertz CT molecular complexity index is 1030. The molecule has 0 unspecified atom stereocenters. The van der Waals surface area contributed by atoms with Crippen molar-refractivity contribution in [3.63, 3.8) is 0 Å². The molecule has 1 amide bonds. The minimum atomic E-state index is -0.276. The standard InChI is InChI=1S/C18H15N5O3/c24-14-2-1-6-19-13(14)4-8-21-18(25)12-3-7-20-17-15(12)22-16(23-17)11-5-9-26-10-11/h1,3,5-7,9-10H,2,4,8H2,(H,21,25)(H,20,22,23). The van der Waals surface area contributed by atoms with Crippen LogP contribution < -0.4 is 5.32 Å². The molecule has 3 aromatic rings. The van der Waals surface area contributed by atoms with Gasteiger partial charge in [0.15, 0.2) is 11.4 Å². The second-order valence-electron chi connectivity index (χ2n) is 5.75. The van der Waals surface area contributed by atoms with Gasteiger partial charge in [0.2, 0.25) is 0 Å². The Balaban J connectivity index is 1.50. The number of carbonyl (C=O) groups is 2. The van der Waals surface area contributed by atoms with Crippen LogP contribution in [0.2, 0.25) is 0 Å². The van der Waals surface area contributed by atoms with Gasteiger partial charge >= 0.3 is 0 Å². The first kappa shape index (κ1) is 15.9. The number of furan rings is 1. The highest BCUT2D eigenvalue weighted by Gasteiger charge is 2.17. The molecule has 0 saturated heterocycles. The van der Waals surface area contributed by atoms with E-state index in [4.69, 9.17) is 4.42 Å². The molecule has 0 radical (unpaired) electrons. The first-order valence-corrected chi connectivity index (χ1v) is 8.13. The van der Waals surface area contributed by atoms with Crippen LogP contribution in [0.5, 0.6) is 0 Å². The summed E-state index contributed by atoms with van der Waals surface area (Å²) in [6, 6.07) is 3.39. The molecule has 8 nitrogen and oxygen atoms in total. The van der Waals surface area contributed by atoms with Crippen LogP contribution in [0.3, 0.4) is 0 Å². The number of pyridine rings is 1. The molecule has 0 aliphatic carbocycles. The number of H-pyrrole nitrogens is 1. The van der Waals surface area contributed by atoms with E-state index in [1.165, 1.54) is 0 Å². The average Bonchev–Trinajstić information content (AvgIpc) is 3.32. The Labute approximate surface area is 148 Å². The van der Waals surface area contributed by atoms with E-state index in [0.29, 0.717) is 47.6 Å². The van der Waals surface area contributed by atoms with Gasteiger partial charge in [0.1, 0.15) is 17.6 Å². The highest BCUT2D eigenvalue weighted by molar-refractivity contribution is 6.40. The normalized spacial score (nSPS) is 13.8. The molecule has 4 rings (SSSR count). The highest BCUT2D eigenvalue weighted by atomic mass is 16.3. The van der Waals surface area contributed by atoms with E-state index < -0.39 is 0 Å². The number of hydrogen-bond donors (Lipinski definition) is 2. The summed E-state index contributed by atoms with van der Waals surface area (Å²) in [6.45, 7) is 0.320. The average molecular weight is 349 g/mol. The van der Waals surface area contributed by atoms with Crippen LogP contribution in [0, 0.1) is 0 Å². The lowest BCUT2D eigenvalue weighted by Gasteiger charge is -2.08. The molecule has 3 aromatic heterocycles. The fourth-order valence-corrected chi connectivity index (χ4v) is 2.72. The molecule has 0 saturated carbocycles. The van der Waals surface area contributed by atoms with Gasteiger partial charge in [0.25, 0.3) is 5.91 Å². The van der Waals surface area contributed by atoms with Crippen molar-refractivity contribution in [2.24, 2.45) is 4.99 Å². The largest absolute Gasteiger partial charge is 0.472 e. The van der Waals surface area contributed by atoms with Crippen LogP contribution in [-0.4, -0.2) is 38.9 Å². The monoisotopic (exact) mass is 349 g/mol. The quantitative estimate of drug-likeness (QED) is 0.733. The van der Waals surface area contributed by atoms with E-state index in [9.17, 15) is 9.59 Å². The Morgan fingerprint density at radius 1 is 1.35 bits per heavy atom. The predicted molar refractivity (Wildman–Crippen MR) is 94.7 cm³/mol. The number of nitrogens with one attached hydrogen (secondary N) is 2. The lowest BCUT2D eigenvalue weighted by Crippen LogP contribution is -2.28. The number of aromatic amines is 1. The molecule has 0 bridgehead atoms. The Kier molecular flexibility index (Phi) is 4.14. The molecule has 0 spiro atoms. The summed E-state index contributed by atoms with van der Waals surface area (Å²) in [5.41, 5.74) is 2.67. The molecule has 0 fully saturated rings. The molecule has 2 N–H and O–H groups in total. The zero-order valence-corrected chi connectivity index (χ0v) is 13.7. The zero-order valence-electron chi connectivity index (χ0n) is 13.7. The third kappa shape index (κ3) is 3.04. The molecule has 26 heavy (non-hydrogen) atoms. The van der Waals surface area contributed by atoms with Gasteiger partial charge in [-0.2, -0.15) is 0 Å². The second-order valence-corrected chi connectivity index (χ2v) is 5.75. The summed E-state index contributed by atoms with van der Waals surface area (Å²) in [5.74, 6) is 0.294. The lowest BCUT2D eigenvalue weighted by molar-refractivity contribution is -0.112. The van der Waals surface area contributed by atoms with Crippen molar-refractivity contribution in [2.45, 2.75) is 12.8 Å². The summed E-state index contributed by atoms with van der Waals surface area (Å²) in [6.07, 6.45) is 8.75. The maximum absolute atomic E-state index is 12.5. The minimum absolute atomic E-state index is 0.00916. The molecular formula is C18H15N5O3. The fraction of sp³-hybridized carbons (Fsp3) is 0.167. The number of imidazole rings is 1. The van der Waals surface area contributed by atoms with Gasteiger partial charge in [0.05, 0.1) is 23.1 Å².